The van der Waals surface area contributed by atoms with Crippen molar-refractivity contribution in [3.63, 3.8) is 0 Å². The minimum absolute atomic E-state index is 1.12. The van der Waals surface area contributed by atoms with E-state index in [2.05, 4.69) is 239 Å². The molecule has 0 saturated carbocycles. The number of rotatable bonds is 9. The highest BCUT2D eigenvalue weighted by atomic mass is 32.1. The van der Waals surface area contributed by atoms with Crippen molar-refractivity contribution >= 4 is 114 Å². The fourth-order valence-corrected chi connectivity index (χ4v) is 10.7. The average Bonchev–Trinajstić information content (AvgIpc) is 3.86. The van der Waals surface area contributed by atoms with Gasteiger partial charge in [0.25, 0.3) is 0 Å². The minimum Gasteiger partial charge on any atom is -0.310 e. The molecule has 0 fully saturated rings. The zero-order valence-corrected chi connectivity index (χ0v) is 33.7. The summed E-state index contributed by atoms with van der Waals surface area (Å²) in [5.41, 5.74) is 10.2. The summed E-state index contributed by atoms with van der Waals surface area (Å²) in [5.74, 6) is 0. The number of para-hydroxylation sites is 5. The first-order valence-corrected chi connectivity index (χ1v) is 21.5. The second-order valence-electron chi connectivity index (χ2n) is 14.6. The number of hydrogen-bond acceptors (Lipinski definition) is 5. The smallest absolute Gasteiger partial charge is 0.0640 e. The first-order chi connectivity index (χ1) is 29.3. The van der Waals surface area contributed by atoms with Crippen molar-refractivity contribution in [2.24, 2.45) is 0 Å². The van der Waals surface area contributed by atoms with E-state index < -0.39 is 0 Å². The van der Waals surface area contributed by atoms with Crippen molar-refractivity contribution in [2.45, 2.75) is 0 Å². The SMILES string of the molecule is c1ccc(N(c2ccc3c(c2)sc2ccc(N(c4ccccc4)c4ccccc4)cc23)c2ccc3c(c2)sc2c(N(c4ccccc4)c4ccccc4)cccc23)cc1. The lowest BCUT2D eigenvalue weighted by Gasteiger charge is -2.26. The highest BCUT2D eigenvalue weighted by Crippen LogP contribution is 2.48. The Labute approximate surface area is 351 Å². The van der Waals surface area contributed by atoms with Crippen LogP contribution in [0.25, 0.3) is 40.3 Å². The average molecular weight is 792 g/mol. The van der Waals surface area contributed by atoms with Crippen LogP contribution in [0.5, 0.6) is 0 Å². The number of thiophene rings is 2. The molecule has 0 atom stereocenters. The monoisotopic (exact) mass is 791 g/mol. The van der Waals surface area contributed by atoms with Crippen LogP contribution in [0.3, 0.4) is 0 Å². The molecule has 0 N–H and O–H groups in total. The standard InChI is InChI=1S/C54H37N3S2/c1-6-17-38(18-7-1)55(39-19-8-2-9-20-39)43-31-34-51-49(35-43)47-33-30-44(36-52(47)58-51)56(40-21-10-3-11-22-40)45-29-32-46-48-27-16-28-50(54(48)59-53(46)37-45)57(41-23-12-4-13-24-41)42-25-14-5-15-26-42/h1-37H. The highest BCUT2D eigenvalue weighted by Gasteiger charge is 2.21. The second-order valence-corrected chi connectivity index (χ2v) is 16.7. The Morgan fingerprint density at radius 3 is 1.15 bits per heavy atom. The number of nitrogens with zero attached hydrogens (tertiary/aromatic N) is 3. The van der Waals surface area contributed by atoms with E-state index in [1.54, 1.807) is 0 Å². The summed E-state index contributed by atoms with van der Waals surface area (Å²) in [4.78, 5) is 7.11. The predicted molar refractivity (Wildman–Crippen MR) is 256 cm³/mol. The molecular formula is C54H37N3S2. The number of anilines is 9. The van der Waals surface area contributed by atoms with Crippen molar-refractivity contribution in [1.29, 1.82) is 0 Å². The van der Waals surface area contributed by atoms with E-state index in [0.717, 1.165) is 45.5 Å². The van der Waals surface area contributed by atoms with Crippen LogP contribution in [0.2, 0.25) is 0 Å². The van der Waals surface area contributed by atoms with Gasteiger partial charge in [0.1, 0.15) is 0 Å². The van der Waals surface area contributed by atoms with Crippen LogP contribution in [0.1, 0.15) is 0 Å². The Bertz CT molecular complexity index is 3140. The summed E-state index contributed by atoms with van der Waals surface area (Å²) in [6.07, 6.45) is 0. The molecule has 11 rings (SSSR count). The molecule has 5 heteroatoms. The molecular weight excluding hydrogens is 755 g/mol. The third kappa shape index (κ3) is 6.38. The van der Waals surface area contributed by atoms with Gasteiger partial charge in [-0.1, -0.05) is 115 Å². The number of fused-ring (bicyclic) bond motifs is 6. The van der Waals surface area contributed by atoms with Crippen LogP contribution in [0.15, 0.2) is 224 Å². The van der Waals surface area contributed by atoms with Crippen LogP contribution in [-0.4, -0.2) is 0 Å². The summed E-state index contributed by atoms with van der Waals surface area (Å²) >= 11 is 3.72. The van der Waals surface area contributed by atoms with E-state index in [9.17, 15) is 0 Å². The minimum atomic E-state index is 1.12. The fraction of sp³-hybridized carbons (Fsp3) is 0. The normalized spacial score (nSPS) is 11.4. The molecule has 2 heterocycles. The molecule has 0 unspecified atom stereocenters. The van der Waals surface area contributed by atoms with Gasteiger partial charge in [-0.15, -0.1) is 22.7 Å². The Hall–Kier alpha value is -7.18. The van der Waals surface area contributed by atoms with Crippen LogP contribution in [-0.2, 0) is 0 Å². The molecule has 9 aromatic carbocycles. The van der Waals surface area contributed by atoms with Gasteiger partial charge < -0.3 is 14.7 Å². The largest absolute Gasteiger partial charge is 0.310 e. The van der Waals surface area contributed by atoms with Gasteiger partial charge in [0, 0.05) is 81.1 Å². The molecule has 59 heavy (non-hydrogen) atoms. The molecule has 0 saturated heterocycles. The summed E-state index contributed by atoms with van der Waals surface area (Å²) in [7, 11) is 0. The van der Waals surface area contributed by atoms with Gasteiger partial charge >= 0.3 is 0 Å². The van der Waals surface area contributed by atoms with Gasteiger partial charge in [0.05, 0.1) is 10.4 Å². The van der Waals surface area contributed by atoms with Crippen molar-refractivity contribution in [3.8, 4) is 0 Å². The molecule has 0 spiro atoms. The lowest BCUT2D eigenvalue weighted by molar-refractivity contribution is 1.29. The first-order valence-electron chi connectivity index (χ1n) is 19.8. The maximum atomic E-state index is 2.40. The van der Waals surface area contributed by atoms with Crippen molar-refractivity contribution in [3.05, 3.63) is 224 Å². The number of benzene rings is 9. The first kappa shape index (κ1) is 35.0. The molecule has 0 aliphatic heterocycles. The van der Waals surface area contributed by atoms with E-state index in [0.29, 0.717) is 0 Å². The van der Waals surface area contributed by atoms with E-state index in [-0.39, 0.29) is 0 Å². The second kappa shape index (κ2) is 15.0. The Kier molecular flexibility index (Phi) is 8.88. The van der Waals surface area contributed by atoms with Crippen molar-refractivity contribution < 1.29 is 0 Å². The Balaban J connectivity index is 1.02. The van der Waals surface area contributed by atoms with E-state index in [1.807, 2.05) is 22.7 Å². The Morgan fingerprint density at radius 1 is 0.237 bits per heavy atom. The molecule has 0 radical (unpaired) electrons. The summed E-state index contributed by atoms with van der Waals surface area (Å²) < 4.78 is 5.05. The Morgan fingerprint density at radius 2 is 0.644 bits per heavy atom. The molecule has 3 nitrogen and oxygen atoms in total. The molecule has 0 aliphatic rings. The van der Waals surface area contributed by atoms with Crippen LogP contribution in [0, 0.1) is 0 Å². The molecule has 280 valence electrons. The van der Waals surface area contributed by atoms with E-state index in [1.165, 1.54) is 46.0 Å². The van der Waals surface area contributed by atoms with E-state index in [4.69, 9.17) is 0 Å². The van der Waals surface area contributed by atoms with Gasteiger partial charge in [0.2, 0.25) is 0 Å². The maximum absolute atomic E-state index is 2.40. The quantitative estimate of drug-likeness (QED) is 0.144. The molecule has 0 bridgehead atoms. The molecule has 11 aromatic rings. The van der Waals surface area contributed by atoms with Gasteiger partial charge in [-0.25, -0.2) is 0 Å². The maximum Gasteiger partial charge on any atom is 0.0640 e. The molecule has 2 aromatic heterocycles. The molecule has 0 amide bonds. The van der Waals surface area contributed by atoms with Crippen molar-refractivity contribution in [1.82, 2.24) is 0 Å². The van der Waals surface area contributed by atoms with Crippen LogP contribution >= 0.6 is 22.7 Å². The summed E-state index contributed by atoms with van der Waals surface area (Å²) in [6.45, 7) is 0. The lowest BCUT2D eigenvalue weighted by Crippen LogP contribution is -2.09. The summed E-state index contributed by atoms with van der Waals surface area (Å²) in [6, 6.07) is 80.8. The van der Waals surface area contributed by atoms with Gasteiger partial charge in [0.15, 0.2) is 0 Å². The van der Waals surface area contributed by atoms with Gasteiger partial charge in [-0.2, -0.15) is 0 Å². The zero-order valence-electron chi connectivity index (χ0n) is 32.0. The van der Waals surface area contributed by atoms with E-state index >= 15 is 0 Å². The predicted octanol–water partition coefficient (Wildman–Crippen LogP) is 16.8. The topological polar surface area (TPSA) is 9.72 Å². The van der Waals surface area contributed by atoms with Gasteiger partial charge in [-0.3, -0.25) is 0 Å². The van der Waals surface area contributed by atoms with Crippen molar-refractivity contribution in [2.75, 3.05) is 14.7 Å². The lowest BCUT2D eigenvalue weighted by atomic mass is 10.1. The molecule has 0 aliphatic carbocycles. The van der Waals surface area contributed by atoms with Gasteiger partial charge in [-0.05, 0) is 109 Å². The fourth-order valence-electron chi connectivity index (χ4n) is 8.33. The zero-order chi connectivity index (χ0) is 39.1. The summed E-state index contributed by atoms with van der Waals surface area (Å²) in [5, 5.41) is 5.06. The van der Waals surface area contributed by atoms with Crippen LogP contribution in [0.4, 0.5) is 51.2 Å². The third-order valence-electron chi connectivity index (χ3n) is 11.0. The third-order valence-corrected chi connectivity index (χ3v) is 13.3. The highest BCUT2D eigenvalue weighted by molar-refractivity contribution is 7.26. The number of hydrogen-bond donors (Lipinski definition) is 0. The van der Waals surface area contributed by atoms with Crippen LogP contribution < -0.4 is 14.7 Å².